The highest BCUT2D eigenvalue weighted by atomic mass is 32.2. The van der Waals surface area contributed by atoms with Crippen molar-refractivity contribution >= 4 is 33.8 Å². The Kier molecular flexibility index (Phi) is 5.45. The van der Waals surface area contributed by atoms with E-state index in [2.05, 4.69) is 10.0 Å². The Bertz CT molecular complexity index is 860. The number of β-lactam (4-membered cyclic amide) rings is 1. The molecule has 0 radical (unpaired) electrons. The molecule has 0 aromatic rings. The van der Waals surface area contributed by atoms with Crippen LogP contribution < -0.4 is 10.0 Å². The molecule has 2 unspecified atom stereocenters. The number of nitrogens with zero attached hydrogens (tertiary/aromatic N) is 2. The molecule has 0 aromatic carbocycles. The molecule has 4 N–H and O–H groups in total. The summed E-state index contributed by atoms with van der Waals surface area (Å²) in [5.41, 5.74) is 0.0316. The van der Waals surface area contributed by atoms with Crippen LogP contribution in [-0.2, 0) is 19.8 Å². The van der Waals surface area contributed by atoms with Gasteiger partial charge in [-0.3, -0.25) is 4.79 Å². The minimum absolute atomic E-state index is 0.00312. The van der Waals surface area contributed by atoms with Crippen molar-refractivity contribution in [3.05, 3.63) is 10.6 Å². The lowest BCUT2D eigenvalue weighted by Gasteiger charge is -2.46. The van der Waals surface area contributed by atoms with Crippen molar-refractivity contribution in [3.63, 3.8) is 0 Å². The largest absolute Gasteiger partial charge is 0.477 e. The van der Waals surface area contributed by atoms with Gasteiger partial charge in [-0.25, -0.2) is 9.52 Å². The molecule has 29 heavy (non-hydrogen) atoms. The number of thioether (sulfide) groups is 1. The zero-order valence-electron chi connectivity index (χ0n) is 16.2. The van der Waals surface area contributed by atoms with E-state index in [0.717, 1.165) is 0 Å². The van der Waals surface area contributed by atoms with Gasteiger partial charge in [-0.15, -0.1) is 11.8 Å². The number of hydrogen-bond acceptors (Lipinski definition) is 7. The molecule has 4 aliphatic heterocycles. The van der Waals surface area contributed by atoms with Gasteiger partial charge in [0.1, 0.15) is 5.70 Å². The minimum Gasteiger partial charge on any atom is -0.477 e. The fourth-order valence-electron chi connectivity index (χ4n) is 4.82. The fourth-order valence-corrected chi connectivity index (χ4v) is 7.57. The van der Waals surface area contributed by atoms with Crippen molar-refractivity contribution in [2.24, 2.45) is 11.8 Å². The summed E-state index contributed by atoms with van der Waals surface area (Å²) in [4.78, 5) is 26.3. The zero-order valence-corrected chi connectivity index (χ0v) is 17.9. The molecule has 0 aliphatic carbocycles. The van der Waals surface area contributed by atoms with Crippen LogP contribution in [0.15, 0.2) is 10.6 Å². The second-order valence-corrected chi connectivity index (χ2v) is 11.2. The monoisotopic (exact) mass is 446 g/mol. The van der Waals surface area contributed by atoms with Crippen LogP contribution in [0.2, 0.25) is 0 Å². The van der Waals surface area contributed by atoms with E-state index < -0.39 is 28.2 Å². The summed E-state index contributed by atoms with van der Waals surface area (Å²) in [5.74, 6) is -2.19. The zero-order chi connectivity index (χ0) is 21.1. The average Bonchev–Trinajstić information content (AvgIpc) is 3.26. The van der Waals surface area contributed by atoms with Crippen LogP contribution in [-0.4, -0.2) is 89.3 Å². The summed E-state index contributed by atoms with van der Waals surface area (Å²) >= 11 is 1.46. The summed E-state index contributed by atoms with van der Waals surface area (Å²) in [5, 5.41) is 23.1. The number of aliphatic hydroxyl groups excluding tert-OH is 1. The summed E-state index contributed by atoms with van der Waals surface area (Å²) in [6.07, 6.45) is -0.114. The highest BCUT2D eigenvalue weighted by Gasteiger charge is 2.60. The molecule has 0 aromatic heterocycles. The van der Waals surface area contributed by atoms with Crippen molar-refractivity contribution in [1.82, 2.24) is 19.2 Å². The maximum absolute atomic E-state index is 12.4. The second kappa shape index (κ2) is 7.50. The normalized spacial score (nSPS) is 37.7. The van der Waals surface area contributed by atoms with Gasteiger partial charge in [0.2, 0.25) is 5.91 Å². The van der Waals surface area contributed by atoms with Gasteiger partial charge in [-0.1, -0.05) is 6.92 Å². The van der Waals surface area contributed by atoms with Crippen molar-refractivity contribution in [2.75, 3.05) is 26.2 Å². The van der Waals surface area contributed by atoms with E-state index in [-0.39, 0.29) is 34.9 Å². The molecule has 10 nitrogen and oxygen atoms in total. The minimum atomic E-state index is -3.39. The van der Waals surface area contributed by atoms with E-state index >= 15 is 0 Å². The third-order valence-corrected chi connectivity index (χ3v) is 9.29. The van der Waals surface area contributed by atoms with Crippen molar-refractivity contribution in [1.29, 1.82) is 0 Å². The van der Waals surface area contributed by atoms with Crippen LogP contribution in [0, 0.1) is 11.8 Å². The number of hydrogen-bond donors (Lipinski definition) is 4. The molecule has 6 atom stereocenters. The highest BCUT2D eigenvalue weighted by Crippen LogP contribution is 2.51. The van der Waals surface area contributed by atoms with Gasteiger partial charge in [-0.05, 0) is 13.3 Å². The summed E-state index contributed by atoms with van der Waals surface area (Å²) in [6.45, 7) is 5.34. The lowest BCUT2D eigenvalue weighted by atomic mass is 9.79. The van der Waals surface area contributed by atoms with Gasteiger partial charge in [0, 0.05) is 48.3 Å². The summed E-state index contributed by atoms with van der Waals surface area (Å²) in [7, 11) is -3.39. The Labute approximate surface area is 173 Å². The highest BCUT2D eigenvalue weighted by molar-refractivity contribution is 8.03. The number of carboxylic acids is 1. The number of carbonyl (C=O) groups is 2. The summed E-state index contributed by atoms with van der Waals surface area (Å²) < 4.78 is 27.7. The first-order valence-electron chi connectivity index (χ1n) is 9.75. The molecule has 3 saturated heterocycles. The molecule has 4 heterocycles. The summed E-state index contributed by atoms with van der Waals surface area (Å²) in [6, 6.07) is -0.321. The predicted molar refractivity (Wildman–Crippen MR) is 106 cm³/mol. The van der Waals surface area contributed by atoms with Gasteiger partial charge >= 0.3 is 5.97 Å². The van der Waals surface area contributed by atoms with E-state index in [9.17, 15) is 28.2 Å². The lowest BCUT2D eigenvalue weighted by molar-refractivity contribution is -0.163. The van der Waals surface area contributed by atoms with E-state index in [0.29, 0.717) is 37.5 Å². The van der Waals surface area contributed by atoms with Crippen molar-refractivity contribution < 1.29 is 28.2 Å². The first-order chi connectivity index (χ1) is 13.6. The molecule has 1 amide bonds. The van der Waals surface area contributed by atoms with Crippen LogP contribution >= 0.6 is 11.8 Å². The van der Waals surface area contributed by atoms with Crippen molar-refractivity contribution in [3.8, 4) is 0 Å². The molecular formula is C17H26N4O6S2. The maximum atomic E-state index is 12.4. The molecule has 0 saturated carbocycles. The van der Waals surface area contributed by atoms with Gasteiger partial charge < -0.3 is 20.4 Å². The van der Waals surface area contributed by atoms with Crippen LogP contribution in [0.4, 0.5) is 0 Å². The maximum Gasteiger partial charge on any atom is 0.353 e. The number of aliphatic hydroxyl groups is 1. The number of carbonyl (C=O) groups excluding carboxylic acids is 1. The molecule has 4 aliphatic rings. The quantitative estimate of drug-likeness (QED) is 0.371. The number of aliphatic carboxylic acids is 1. The second-order valence-electron chi connectivity index (χ2n) is 8.11. The molecule has 3 fully saturated rings. The Balaban J connectivity index is 1.45. The number of rotatable bonds is 6. The molecule has 0 bridgehead atoms. The van der Waals surface area contributed by atoms with Crippen LogP contribution in [0.3, 0.4) is 0 Å². The third-order valence-electron chi connectivity index (χ3n) is 6.20. The number of carboxylic acid groups (broad SMARTS) is 1. The number of fused-ring (bicyclic) bond motifs is 1. The van der Waals surface area contributed by atoms with E-state index in [4.69, 9.17) is 0 Å². The van der Waals surface area contributed by atoms with E-state index in [1.807, 2.05) is 6.92 Å². The predicted octanol–water partition coefficient (Wildman–Crippen LogP) is -1.25. The lowest BCUT2D eigenvalue weighted by Crippen LogP contribution is -2.63. The average molecular weight is 447 g/mol. The molecule has 4 rings (SSSR count). The Morgan fingerprint density at radius 1 is 1.41 bits per heavy atom. The first kappa shape index (κ1) is 21.1. The topological polar surface area (TPSA) is 139 Å². The number of nitrogens with one attached hydrogen (secondary N) is 2. The smallest absolute Gasteiger partial charge is 0.353 e. The number of amides is 1. The van der Waals surface area contributed by atoms with Crippen LogP contribution in [0.5, 0.6) is 0 Å². The fraction of sp³-hybridized carbons (Fsp3) is 0.765. The Hall–Kier alpha value is -1.18. The molecule has 0 spiro atoms. The van der Waals surface area contributed by atoms with E-state index in [1.54, 1.807) is 6.92 Å². The first-order valence-corrected chi connectivity index (χ1v) is 12.1. The molecular weight excluding hydrogens is 420 g/mol. The van der Waals surface area contributed by atoms with Gasteiger partial charge in [0.05, 0.1) is 18.1 Å². The van der Waals surface area contributed by atoms with Gasteiger partial charge in [-0.2, -0.15) is 12.7 Å². The molecule has 162 valence electrons. The van der Waals surface area contributed by atoms with Crippen LogP contribution in [0.25, 0.3) is 0 Å². The Morgan fingerprint density at radius 3 is 2.72 bits per heavy atom. The van der Waals surface area contributed by atoms with Gasteiger partial charge in [0.25, 0.3) is 10.2 Å². The van der Waals surface area contributed by atoms with Crippen LogP contribution in [0.1, 0.15) is 20.3 Å². The Morgan fingerprint density at radius 2 is 2.14 bits per heavy atom. The molecule has 12 heteroatoms. The SMILES string of the molecule is C[C@@H](O)C1C(=O)N2C(C(=O)O)=C(S[C@@H]3CN[C@H](CN4CCNS4(=O)=O)C3)[C@H](C)C12. The van der Waals surface area contributed by atoms with Crippen molar-refractivity contribution in [2.45, 2.75) is 43.7 Å². The standard InChI is InChI=1S/C17H26N4O6S2/c1-8-13-12(9(2)22)16(23)21(13)14(17(24)25)15(8)28-11-5-10(18-6-11)7-20-4-3-19-29(20,26)27/h8-13,18-19,22H,3-7H2,1-2H3,(H,24,25)/t8-,9-,10+,11+,12?,13?/m1/s1. The van der Waals surface area contributed by atoms with E-state index in [1.165, 1.54) is 21.0 Å². The third kappa shape index (κ3) is 3.49. The van der Waals surface area contributed by atoms with Gasteiger partial charge in [0.15, 0.2) is 0 Å².